The van der Waals surface area contributed by atoms with Crippen molar-refractivity contribution in [1.29, 1.82) is 0 Å². The Labute approximate surface area is 154 Å². The van der Waals surface area contributed by atoms with Crippen LogP contribution in [0.25, 0.3) is 0 Å². The summed E-state index contributed by atoms with van der Waals surface area (Å²) in [4.78, 5) is 1.68. The standard InChI is InChI=1S/C18H39NO4.ClH/c1-3-4-5-6-7-8-9-10-11-12-13-23-16-17(20)14-19(2)15-18(21)22;/h17-18,20-22H,3-16H2,1-2H3;1H. The number of likely N-dealkylation sites (N-methyl/N-ethyl adjacent to an activating group) is 1. The summed E-state index contributed by atoms with van der Waals surface area (Å²) in [7, 11) is 1.74. The maximum absolute atomic E-state index is 9.76. The minimum atomic E-state index is -1.36. The van der Waals surface area contributed by atoms with Gasteiger partial charge in [0.2, 0.25) is 0 Å². The van der Waals surface area contributed by atoms with Crippen LogP contribution in [0.3, 0.4) is 0 Å². The Bertz CT molecular complexity index is 245. The highest BCUT2D eigenvalue weighted by Crippen LogP contribution is 2.10. The molecule has 0 radical (unpaired) electrons. The van der Waals surface area contributed by atoms with Crippen molar-refractivity contribution in [3.8, 4) is 0 Å². The van der Waals surface area contributed by atoms with Crippen LogP contribution < -0.4 is 0 Å². The third-order valence-electron chi connectivity index (χ3n) is 3.95. The van der Waals surface area contributed by atoms with Crippen LogP contribution >= 0.6 is 12.4 Å². The second kappa shape index (κ2) is 19.4. The molecule has 0 aliphatic carbocycles. The third kappa shape index (κ3) is 20.1. The summed E-state index contributed by atoms with van der Waals surface area (Å²) in [5.74, 6) is 0. The second-order valence-corrected chi connectivity index (χ2v) is 6.61. The zero-order chi connectivity index (χ0) is 17.3. The van der Waals surface area contributed by atoms with Crippen molar-refractivity contribution >= 4 is 12.4 Å². The summed E-state index contributed by atoms with van der Waals surface area (Å²) in [5, 5.41) is 27.4. The van der Waals surface area contributed by atoms with Crippen molar-refractivity contribution in [2.75, 3.05) is 33.4 Å². The molecule has 0 spiro atoms. The zero-order valence-electron chi connectivity index (χ0n) is 15.7. The first-order valence-electron chi connectivity index (χ1n) is 9.36. The van der Waals surface area contributed by atoms with E-state index in [1.54, 1.807) is 11.9 Å². The molecular formula is C18H40ClNO4. The van der Waals surface area contributed by atoms with Gasteiger partial charge in [0, 0.05) is 19.7 Å². The number of ether oxygens (including phenoxy) is 1. The van der Waals surface area contributed by atoms with Gasteiger partial charge in [0.05, 0.1) is 12.7 Å². The van der Waals surface area contributed by atoms with Crippen molar-refractivity contribution in [1.82, 2.24) is 4.90 Å². The molecule has 0 bridgehead atoms. The van der Waals surface area contributed by atoms with Gasteiger partial charge >= 0.3 is 0 Å². The molecule has 0 aromatic rings. The van der Waals surface area contributed by atoms with Crippen LogP contribution in [0.2, 0.25) is 0 Å². The molecule has 148 valence electrons. The number of hydrogen-bond donors (Lipinski definition) is 3. The Hall–Kier alpha value is 0.0900. The fourth-order valence-electron chi connectivity index (χ4n) is 2.68. The van der Waals surface area contributed by atoms with Crippen LogP contribution in [-0.2, 0) is 4.74 Å². The molecule has 0 aromatic carbocycles. The van der Waals surface area contributed by atoms with Crippen molar-refractivity contribution in [2.45, 2.75) is 83.5 Å². The van der Waals surface area contributed by atoms with Gasteiger partial charge in [0.15, 0.2) is 6.29 Å². The predicted octanol–water partition coefficient (Wildman–Crippen LogP) is 2.95. The molecule has 1 unspecified atom stereocenters. The fraction of sp³-hybridized carbons (Fsp3) is 1.00. The molecule has 24 heavy (non-hydrogen) atoms. The highest BCUT2D eigenvalue weighted by molar-refractivity contribution is 5.85. The van der Waals surface area contributed by atoms with Crippen molar-refractivity contribution in [3.63, 3.8) is 0 Å². The highest BCUT2D eigenvalue weighted by Gasteiger charge is 2.10. The largest absolute Gasteiger partial charge is 0.389 e. The van der Waals surface area contributed by atoms with Gasteiger partial charge in [-0.3, -0.25) is 4.90 Å². The predicted molar refractivity (Wildman–Crippen MR) is 102 cm³/mol. The highest BCUT2D eigenvalue weighted by atomic mass is 35.5. The average Bonchev–Trinajstić information content (AvgIpc) is 2.47. The minimum absolute atomic E-state index is 0. The number of halogens is 1. The normalized spacial score (nSPS) is 12.6. The molecule has 0 fully saturated rings. The van der Waals surface area contributed by atoms with Crippen LogP contribution in [0.5, 0.6) is 0 Å². The first-order chi connectivity index (χ1) is 11.1. The first-order valence-corrected chi connectivity index (χ1v) is 9.36. The summed E-state index contributed by atoms with van der Waals surface area (Å²) in [6, 6.07) is 0. The van der Waals surface area contributed by atoms with Gasteiger partial charge in [0.25, 0.3) is 0 Å². The van der Waals surface area contributed by atoms with E-state index in [2.05, 4.69) is 6.92 Å². The molecule has 0 rings (SSSR count). The van der Waals surface area contributed by atoms with Gasteiger partial charge in [-0.1, -0.05) is 64.7 Å². The summed E-state index contributed by atoms with van der Waals surface area (Å²) < 4.78 is 5.47. The summed E-state index contributed by atoms with van der Waals surface area (Å²) in [6.07, 6.45) is 11.1. The lowest BCUT2D eigenvalue weighted by Gasteiger charge is -2.21. The van der Waals surface area contributed by atoms with E-state index >= 15 is 0 Å². The Morgan fingerprint density at radius 3 is 1.79 bits per heavy atom. The molecule has 0 aromatic heterocycles. The van der Waals surface area contributed by atoms with E-state index < -0.39 is 12.4 Å². The monoisotopic (exact) mass is 369 g/mol. The smallest absolute Gasteiger partial charge is 0.164 e. The minimum Gasteiger partial charge on any atom is -0.389 e. The third-order valence-corrected chi connectivity index (χ3v) is 3.95. The molecule has 5 nitrogen and oxygen atoms in total. The van der Waals surface area contributed by atoms with Crippen molar-refractivity contribution in [2.24, 2.45) is 0 Å². The Morgan fingerprint density at radius 1 is 0.792 bits per heavy atom. The van der Waals surface area contributed by atoms with Gasteiger partial charge < -0.3 is 20.1 Å². The maximum atomic E-state index is 9.76. The lowest BCUT2D eigenvalue weighted by molar-refractivity contribution is -0.0652. The van der Waals surface area contributed by atoms with E-state index in [9.17, 15) is 5.11 Å². The summed E-state index contributed by atoms with van der Waals surface area (Å²) in [6.45, 7) is 3.77. The molecule has 1 atom stereocenters. The SMILES string of the molecule is CCCCCCCCCCCCOCC(O)CN(C)CC(O)O.Cl. The fourth-order valence-corrected chi connectivity index (χ4v) is 2.68. The summed E-state index contributed by atoms with van der Waals surface area (Å²) >= 11 is 0. The number of nitrogens with zero attached hydrogens (tertiary/aromatic N) is 1. The zero-order valence-corrected chi connectivity index (χ0v) is 16.5. The van der Waals surface area contributed by atoms with Gasteiger partial charge in [-0.2, -0.15) is 0 Å². The topological polar surface area (TPSA) is 73.2 Å². The van der Waals surface area contributed by atoms with Gasteiger partial charge in [0.1, 0.15) is 0 Å². The van der Waals surface area contributed by atoms with Crippen LogP contribution in [0.15, 0.2) is 0 Å². The lowest BCUT2D eigenvalue weighted by atomic mass is 10.1. The number of unbranched alkanes of at least 4 members (excludes halogenated alkanes) is 9. The quantitative estimate of drug-likeness (QED) is 0.271. The molecule has 0 heterocycles. The lowest BCUT2D eigenvalue weighted by Crippen LogP contribution is -2.36. The van der Waals surface area contributed by atoms with E-state index in [0.717, 1.165) is 6.42 Å². The van der Waals surface area contributed by atoms with E-state index in [-0.39, 0.29) is 19.0 Å². The maximum Gasteiger partial charge on any atom is 0.164 e. The second-order valence-electron chi connectivity index (χ2n) is 6.61. The molecule has 0 aliphatic rings. The Balaban J connectivity index is 0. The number of hydrogen-bond acceptors (Lipinski definition) is 5. The van der Waals surface area contributed by atoms with Crippen molar-refractivity contribution < 1.29 is 20.1 Å². The molecule has 3 N–H and O–H groups in total. The molecule has 0 saturated heterocycles. The van der Waals surface area contributed by atoms with Crippen LogP contribution in [0, 0.1) is 0 Å². The first kappa shape index (κ1) is 26.3. The van der Waals surface area contributed by atoms with Gasteiger partial charge in [-0.15, -0.1) is 12.4 Å². The van der Waals surface area contributed by atoms with E-state index in [1.807, 2.05) is 0 Å². The van der Waals surface area contributed by atoms with Crippen LogP contribution in [0.1, 0.15) is 71.1 Å². The Kier molecular flexibility index (Phi) is 21.3. The van der Waals surface area contributed by atoms with Gasteiger partial charge in [-0.05, 0) is 13.5 Å². The molecule has 0 saturated carbocycles. The average molecular weight is 370 g/mol. The van der Waals surface area contributed by atoms with E-state index in [0.29, 0.717) is 19.8 Å². The van der Waals surface area contributed by atoms with E-state index in [1.165, 1.54) is 57.8 Å². The number of aliphatic hydroxyl groups is 3. The molecule has 0 aliphatic heterocycles. The van der Waals surface area contributed by atoms with E-state index in [4.69, 9.17) is 14.9 Å². The Morgan fingerprint density at radius 2 is 1.29 bits per heavy atom. The van der Waals surface area contributed by atoms with Crippen LogP contribution in [-0.4, -0.2) is 66.0 Å². The molecular weight excluding hydrogens is 330 g/mol. The van der Waals surface area contributed by atoms with Gasteiger partial charge in [-0.25, -0.2) is 0 Å². The van der Waals surface area contributed by atoms with Crippen LogP contribution in [0.4, 0.5) is 0 Å². The summed E-state index contributed by atoms with van der Waals surface area (Å²) in [5.41, 5.74) is 0. The molecule has 0 amide bonds. The molecule has 6 heteroatoms. The van der Waals surface area contributed by atoms with Crippen molar-refractivity contribution in [3.05, 3.63) is 0 Å². The number of aliphatic hydroxyl groups excluding tert-OH is 2. The number of rotatable bonds is 17.